The molecule has 1 atom stereocenters. The van der Waals surface area contributed by atoms with Crippen LogP contribution in [0, 0.1) is 10.1 Å². The number of nitrogens with one attached hydrogen (secondary N) is 1. The van der Waals surface area contributed by atoms with Crippen molar-refractivity contribution in [1.29, 1.82) is 0 Å². The molecular formula is C15H15N3O9. The summed E-state index contributed by atoms with van der Waals surface area (Å²) in [5.74, 6) is -4.18. The first kappa shape index (κ1) is 19.6. The Morgan fingerprint density at radius 3 is 2.63 bits per heavy atom. The van der Waals surface area contributed by atoms with Crippen molar-refractivity contribution in [3.8, 4) is 5.75 Å². The van der Waals surface area contributed by atoms with Crippen LogP contribution < -0.4 is 15.0 Å². The Hall–Kier alpha value is -3.70. The van der Waals surface area contributed by atoms with Gasteiger partial charge in [0.15, 0.2) is 5.75 Å². The molecule has 1 aromatic rings. The van der Waals surface area contributed by atoms with Crippen LogP contribution in [0.2, 0.25) is 0 Å². The number of benzene rings is 1. The predicted molar refractivity (Wildman–Crippen MR) is 87.4 cm³/mol. The summed E-state index contributed by atoms with van der Waals surface area (Å²) in [4.78, 5) is 56.9. The van der Waals surface area contributed by atoms with E-state index in [9.17, 15) is 29.3 Å². The van der Waals surface area contributed by atoms with Gasteiger partial charge in [-0.2, -0.15) is 0 Å². The Bertz CT molecular complexity index is 808. The van der Waals surface area contributed by atoms with Crippen molar-refractivity contribution in [2.45, 2.75) is 18.9 Å². The van der Waals surface area contributed by atoms with Crippen molar-refractivity contribution < 1.29 is 39.1 Å². The van der Waals surface area contributed by atoms with Gasteiger partial charge in [0.1, 0.15) is 12.6 Å². The molecule has 0 radical (unpaired) electrons. The van der Waals surface area contributed by atoms with Crippen LogP contribution in [0.5, 0.6) is 5.75 Å². The van der Waals surface area contributed by atoms with Crippen LogP contribution in [0.3, 0.4) is 0 Å². The monoisotopic (exact) mass is 381 g/mol. The van der Waals surface area contributed by atoms with Crippen molar-refractivity contribution in [3.05, 3.63) is 28.3 Å². The quantitative estimate of drug-likeness (QED) is 0.235. The van der Waals surface area contributed by atoms with Crippen LogP contribution in [0.4, 0.5) is 11.4 Å². The molecular weight excluding hydrogens is 366 g/mol. The van der Waals surface area contributed by atoms with Crippen molar-refractivity contribution in [2.24, 2.45) is 0 Å². The van der Waals surface area contributed by atoms with Gasteiger partial charge in [0.2, 0.25) is 5.91 Å². The molecule has 12 heteroatoms. The number of carboxylic acid groups (broad SMARTS) is 2. The van der Waals surface area contributed by atoms with Gasteiger partial charge in [-0.3, -0.25) is 19.7 Å². The molecule has 0 fully saturated rings. The molecule has 0 saturated heterocycles. The SMILES string of the molecule is O=C(O)CCC(NC(=O)CN1CC(=O)Oc2cc([N+](=O)[O-])ccc21)C(=O)O. The number of amides is 1. The fourth-order valence-corrected chi connectivity index (χ4v) is 2.43. The number of carboxylic acids is 2. The Morgan fingerprint density at radius 2 is 2.04 bits per heavy atom. The number of fused-ring (bicyclic) bond motifs is 1. The molecule has 1 unspecified atom stereocenters. The Kier molecular flexibility index (Phi) is 5.90. The van der Waals surface area contributed by atoms with E-state index in [4.69, 9.17) is 14.9 Å². The highest BCUT2D eigenvalue weighted by Crippen LogP contribution is 2.34. The van der Waals surface area contributed by atoms with Crippen molar-refractivity contribution >= 4 is 35.2 Å². The second-order valence-corrected chi connectivity index (χ2v) is 5.63. The van der Waals surface area contributed by atoms with Gasteiger partial charge in [-0.05, 0) is 12.5 Å². The van der Waals surface area contributed by atoms with E-state index in [0.29, 0.717) is 0 Å². The average Bonchev–Trinajstić information content (AvgIpc) is 2.57. The smallest absolute Gasteiger partial charge is 0.331 e. The normalized spacial score (nSPS) is 13.9. The number of rotatable bonds is 8. The minimum Gasteiger partial charge on any atom is -0.481 e. The molecule has 0 aliphatic carbocycles. The highest BCUT2D eigenvalue weighted by atomic mass is 16.6. The molecule has 0 aromatic heterocycles. The van der Waals surface area contributed by atoms with E-state index in [2.05, 4.69) is 5.32 Å². The number of nitro benzene ring substituents is 1. The standard InChI is InChI=1S/C15H15N3O9/c19-12(16-9(15(23)24)2-4-13(20)21)6-17-7-14(22)27-11-5-8(18(25)26)1-3-10(11)17/h1,3,5,9H,2,4,6-7H2,(H,16,19)(H,20,21)(H,23,24). The topological polar surface area (TPSA) is 176 Å². The minimum absolute atomic E-state index is 0.0890. The lowest BCUT2D eigenvalue weighted by Gasteiger charge is -2.29. The fraction of sp³-hybridized carbons (Fsp3) is 0.333. The summed E-state index contributed by atoms with van der Waals surface area (Å²) in [5, 5.41) is 30.7. The molecule has 1 amide bonds. The van der Waals surface area contributed by atoms with E-state index in [1.54, 1.807) is 0 Å². The minimum atomic E-state index is -1.40. The van der Waals surface area contributed by atoms with Gasteiger partial charge in [0.25, 0.3) is 5.69 Å². The third-order valence-electron chi connectivity index (χ3n) is 3.65. The molecule has 0 spiro atoms. The summed E-state index contributed by atoms with van der Waals surface area (Å²) in [6, 6.07) is 2.13. The van der Waals surface area contributed by atoms with Gasteiger partial charge in [0.05, 0.1) is 23.2 Å². The zero-order chi connectivity index (χ0) is 20.1. The van der Waals surface area contributed by atoms with Crippen LogP contribution in [-0.4, -0.2) is 58.1 Å². The summed E-state index contributed by atoms with van der Waals surface area (Å²) < 4.78 is 4.94. The third-order valence-corrected chi connectivity index (χ3v) is 3.65. The van der Waals surface area contributed by atoms with Crippen molar-refractivity contribution in [1.82, 2.24) is 5.32 Å². The molecule has 144 valence electrons. The molecule has 0 bridgehead atoms. The second-order valence-electron chi connectivity index (χ2n) is 5.63. The highest BCUT2D eigenvalue weighted by molar-refractivity contribution is 5.91. The van der Waals surface area contributed by atoms with Gasteiger partial charge < -0.3 is 25.2 Å². The lowest BCUT2D eigenvalue weighted by molar-refractivity contribution is -0.384. The summed E-state index contributed by atoms with van der Waals surface area (Å²) in [6.45, 7) is -0.734. The number of hydrogen-bond donors (Lipinski definition) is 3. The number of ether oxygens (including phenoxy) is 1. The van der Waals surface area contributed by atoms with E-state index < -0.39 is 47.7 Å². The van der Waals surface area contributed by atoms with Crippen LogP contribution in [0.15, 0.2) is 18.2 Å². The third kappa shape index (κ3) is 5.14. The fourth-order valence-electron chi connectivity index (χ4n) is 2.43. The molecule has 27 heavy (non-hydrogen) atoms. The lowest BCUT2D eigenvalue weighted by atomic mass is 10.1. The number of carbonyl (C=O) groups is 4. The average molecular weight is 381 g/mol. The first-order chi connectivity index (χ1) is 12.7. The number of anilines is 1. The molecule has 1 aliphatic heterocycles. The maximum Gasteiger partial charge on any atom is 0.331 e. The molecule has 1 aromatic carbocycles. The lowest BCUT2D eigenvalue weighted by Crippen LogP contribution is -2.48. The largest absolute Gasteiger partial charge is 0.481 e. The summed E-state index contributed by atoms with van der Waals surface area (Å²) in [6.07, 6.45) is -0.749. The number of hydrogen-bond acceptors (Lipinski definition) is 8. The predicted octanol–water partition coefficient (Wildman–Crippen LogP) is -0.246. The van der Waals surface area contributed by atoms with Crippen LogP contribution in [0.1, 0.15) is 12.8 Å². The van der Waals surface area contributed by atoms with E-state index in [-0.39, 0.29) is 30.1 Å². The van der Waals surface area contributed by atoms with Gasteiger partial charge in [0, 0.05) is 12.5 Å². The number of aliphatic carboxylic acids is 2. The first-order valence-corrected chi connectivity index (χ1v) is 7.65. The molecule has 1 heterocycles. The van der Waals surface area contributed by atoms with Gasteiger partial charge in [-0.1, -0.05) is 0 Å². The molecule has 12 nitrogen and oxygen atoms in total. The summed E-state index contributed by atoms with van der Waals surface area (Å²) in [7, 11) is 0. The summed E-state index contributed by atoms with van der Waals surface area (Å²) >= 11 is 0. The maximum atomic E-state index is 12.1. The van der Waals surface area contributed by atoms with Gasteiger partial charge in [-0.25, -0.2) is 9.59 Å². The Labute approximate surface area is 151 Å². The van der Waals surface area contributed by atoms with E-state index in [1.165, 1.54) is 17.0 Å². The highest BCUT2D eigenvalue weighted by Gasteiger charge is 2.29. The summed E-state index contributed by atoms with van der Waals surface area (Å²) in [5.41, 5.74) is -0.0415. The number of non-ortho nitro benzene ring substituents is 1. The van der Waals surface area contributed by atoms with E-state index >= 15 is 0 Å². The second kappa shape index (κ2) is 8.12. The van der Waals surface area contributed by atoms with Crippen LogP contribution >= 0.6 is 0 Å². The maximum absolute atomic E-state index is 12.1. The van der Waals surface area contributed by atoms with E-state index in [0.717, 1.165) is 6.07 Å². The Balaban J connectivity index is 2.11. The Morgan fingerprint density at radius 1 is 1.33 bits per heavy atom. The number of carbonyl (C=O) groups excluding carboxylic acids is 2. The molecule has 0 saturated carbocycles. The van der Waals surface area contributed by atoms with Gasteiger partial charge in [-0.15, -0.1) is 0 Å². The zero-order valence-corrected chi connectivity index (χ0v) is 13.8. The van der Waals surface area contributed by atoms with Crippen LogP contribution in [0.25, 0.3) is 0 Å². The van der Waals surface area contributed by atoms with Crippen LogP contribution in [-0.2, 0) is 19.2 Å². The zero-order valence-electron chi connectivity index (χ0n) is 13.8. The molecule has 3 N–H and O–H groups in total. The number of esters is 1. The number of nitrogens with zero attached hydrogens (tertiary/aromatic N) is 2. The van der Waals surface area contributed by atoms with Crippen molar-refractivity contribution in [2.75, 3.05) is 18.0 Å². The van der Waals surface area contributed by atoms with Gasteiger partial charge >= 0.3 is 17.9 Å². The first-order valence-electron chi connectivity index (χ1n) is 7.65. The van der Waals surface area contributed by atoms with E-state index in [1.807, 2.05) is 0 Å². The molecule has 2 rings (SSSR count). The van der Waals surface area contributed by atoms with Crippen molar-refractivity contribution in [3.63, 3.8) is 0 Å². The number of nitro groups is 1. The molecule has 1 aliphatic rings.